The average molecular weight is 368 g/mol. The summed E-state index contributed by atoms with van der Waals surface area (Å²) in [5, 5.41) is 10.4. The molecule has 94 valence electrons. The summed E-state index contributed by atoms with van der Waals surface area (Å²) in [4.78, 5) is 11.8. The van der Waals surface area contributed by atoms with Crippen LogP contribution >= 0.6 is 22.6 Å². The second-order valence-electron chi connectivity index (χ2n) is 2.77. The lowest BCUT2D eigenvalue weighted by Crippen LogP contribution is -2.15. The number of nitro groups is 1. The molecular weight excluding hydrogens is 366 g/mol. The summed E-state index contributed by atoms with van der Waals surface area (Å²) in [7, 11) is 0. The van der Waals surface area contributed by atoms with Gasteiger partial charge in [-0.1, -0.05) is 0 Å². The number of pyridine rings is 1. The van der Waals surface area contributed by atoms with E-state index in [0.29, 0.717) is 6.20 Å². The predicted molar refractivity (Wildman–Crippen MR) is 53.6 cm³/mol. The molecule has 0 atom stereocenters. The van der Waals surface area contributed by atoms with Crippen molar-refractivity contribution in [2.24, 2.45) is 0 Å². The van der Waals surface area contributed by atoms with Gasteiger partial charge in [0.05, 0.1) is 9.13 Å². The van der Waals surface area contributed by atoms with Crippen molar-refractivity contribution in [1.29, 1.82) is 0 Å². The molecule has 0 amide bonds. The maximum absolute atomic E-state index is 12.5. The summed E-state index contributed by atoms with van der Waals surface area (Å²) >= 11 is 1.22. The van der Waals surface area contributed by atoms with Crippen molar-refractivity contribution >= 4 is 28.4 Å². The van der Waals surface area contributed by atoms with Crippen molar-refractivity contribution in [1.82, 2.24) is 4.98 Å². The quantitative estimate of drug-likeness (QED) is 0.347. The maximum Gasteiger partial charge on any atom is 0.425 e. The van der Waals surface area contributed by atoms with Crippen LogP contribution in [0.2, 0.25) is 0 Å². The van der Waals surface area contributed by atoms with Crippen molar-refractivity contribution < 1.29 is 26.9 Å². The van der Waals surface area contributed by atoms with Crippen LogP contribution < -0.4 is 0 Å². The molecule has 0 radical (unpaired) electrons. The third-order valence-electron chi connectivity index (χ3n) is 1.73. The summed E-state index contributed by atoms with van der Waals surface area (Å²) in [6.07, 6.45) is -8.13. The molecule has 0 aromatic carbocycles. The minimum Gasteiger partial charge on any atom is -0.358 e. The summed E-state index contributed by atoms with van der Waals surface area (Å²) in [6, 6.07) is 0. The molecular formula is C7H2F5IN2O2. The Balaban J connectivity index is 3.68. The van der Waals surface area contributed by atoms with E-state index in [1.54, 1.807) is 0 Å². The fourth-order valence-electron chi connectivity index (χ4n) is 1.12. The van der Waals surface area contributed by atoms with Crippen molar-refractivity contribution in [3.63, 3.8) is 0 Å². The van der Waals surface area contributed by atoms with Crippen LogP contribution in [0.25, 0.3) is 0 Å². The van der Waals surface area contributed by atoms with E-state index in [-0.39, 0.29) is 0 Å². The van der Waals surface area contributed by atoms with E-state index in [0.717, 1.165) is 0 Å². The highest BCUT2D eigenvalue weighted by atomic mass is 127. The number of hydrogen-bond donors (Lipinski definition) is 0. The van der Waals surface area contributed by atoms with Crippen LogP contribution in [0.4, 0.5) is 27.8 Å². The topological polar surface area (TPSA) is 56.0 Å². The molecule has 10 heteroatoms. The minimum atomic E-state index is -5.26. The van der Waals surface area contributed by atoms with Gasteiger partial charge in [-0.15, -0.1) is 0 Å². The maximum atomic E-state index is 12.5. The highest BCUT2D eigenvalue weighted by molar-refractivity contribution is 14.1. The van der Waals surface area contributed by atoms with E-state index in [1.165, 1.54) is 22.6 Å². The van der Waals surface area contributed by atoms with Crippen molar-refractivity contribution in [2.75, 3.05) is 0 Å². The third kappa shape index (κ3) is 2.79. The van der Waals surface area contributed by atoms with Gasteiger partial charge in [-0.2, -0.15) is 13.2 Å². The van der Waals surface area contributed by atoms with Gasteiger partial charge in [0, 0.05) is 0 Å². The van der Waals surface area contributed by atoms with Crippen LogP contribution in [0.15, 0.2) is 6.20 Å². The van der Waals surface area contributed by atoms with Crippen LogP contribution in [0.1, 0.15) is 17.6 Å². The summed E-state index contributed by atoms with van der Waals surface area (Å²) < 4.78 is 62.1. The highest BCUT2D eigenvalue weighted by Gasteiger charge is 2.45. The molecule has 1 aromatic heterocycles. The van der Waals surface area contributed by atoms with Gasteiger partial charge in [0.25, 0.3) is 6.43 Å². The molecule has 0 N–H and O–H groups in total. The fourth-order valence-corrected chi connectivity index (χ4v) is 1.77. The molecule has 0 aliphatic heterocycles. The van der Waals surface area contributed by atoms with Crippen molar-refractivity contribution in [2.45, 2.75) is 12.6 Å². The van der Waals surface area contributed by atoms with Crippen LogP contribution in [-0.4, -0.2) is 9.91 Å². The van der Waals surface area contributed by atoms with Crippen LogP contribution in [-0.2, 0) is 6.18 Å². The zero-order valence-electron chi connectivity index (χ0n) is 7.63. The second-order valence-corrected chi connectivity index (χ2v) is 3.94. The van der Waals surface area contributed by atoms with Gasteiger partial charge in [-0.05, 0) is 32.5 Å². The van der Waals surface area contributed by atoms with E-state index >= 15 is 0 Å². The molecule has 0 bridgehead atoms. The number of alkyl halides is 5. The fraction of sp³-hybridized carbons (Fsp3) is 0.286. The normalized spacial score (nSPS) is 11.9. The van der Waals surface area contributed by atoms with Gasteiger partial charge in [-0.25, -0.2) is 8.78 Å². The first-order chi connectivity index (χ1) is 7.66. The number of hydrogen-bond acceptors (Lipinski definition) is 3. The molecule has 1 rings (SSSR count). The standard InChI is InChI=1S/C7H2F5IN2O2/c8-5(9)3-2(13)1-14-6(15(16)17)4(3)7(10,11)12/h1,5H. The van der Waals surface area contributed by atoms with Gasteiger partial charge in [0.15, 0.2) is 11.8 Å². The molecule has 1 aromatic rings. The highest BCUT2D eigenvalue weighted by Crippen LogP contribution is 2.42. The van der Waals surface area contributed by atoms with E-state index in [1.807, 2.05) is 0 Å². The molecule has 0 spiro atoms. The molecule has 4 nitrogen and oxygen atoms in total. The average Bonchev–Trinajstić information content (AvgIpc) is 2.14. The smallest absolute Gasteiger partial charge is 0.358 e. The van der Waals surface area contributed by atoms with Gasteiger partial charge < -0.3 is 10.1 Å². The lowest BCUT2D eigenvalue weighted by molar-refractivity contribution is -0.393. The summed E-state index contributed by atoms with van der Waals surface area (Å²) in [5.41, 5.74) is -3.41. The van der Waals surface area contributed by atoms with E-state index in [9.17, 15) is 32.1 Å². The largest absolute Gasteiger partial charge is 0.425 e. The van der Waals surface area contributed by atoms with Gasteiger partial charge in [-0.3, -0.25) is 0 Å². The van der Waals surface area contributed by atoms with E-state index in [2.05, 4.69) is 4.98 Å². The number of halogens is 6. The first kappa shape index (κ1) is 14.0. The first-order valence-corrected chi connectivity index (χ1v) is 4.92. The van der Waals surface area contributed by atoms with E-state index < -0.39 is 38.0 Å². The molecule has 17 heavy (non-hydrogen) atoms. The number of nitrogens with zero attached hydrogens (tertiary/aromatic N) is 2. The minimum absolute atomic E-state index is 0.476. The molecule has 0 saturated carbocycles. The zero-order valence-corrected chi connectivity index (χ0v) is 9.79. The Morgan fingerprint density at radius 3 is 2.29 bits per heavy atom. The van der Waals surface area contributed by atoms with Crippen molar-refractivity contribution in [3.8, 4) is 0 Å². The Hall–Kier alpha value is -1.07. The first-order valence-electron chi connectivity index (χ1n) is 3.84. The Bertz CT molecular complexity index is 462. The van der Waals surface area contributed by atoms with E-state index in [4.69, 9.17) is 0 Å². The monoisotopic (exact) mass is 368 g/mol. The Morgan fingerprint density at radius 2 is 1.94 bits per heavy atom. The molecule has 0 aliphatic carbocycles. The lowest BCUT2D eigenvalue weighted by Gasteiger charge is -2.12. The number of aromatic nitrogens is 1. The molecule has 0 fully saturated rings. The zero-order chi connectivity index (χ0) is 13.4. The third-order valence-corrected chi connectivity index (χ3v) is 2.58. The van der Waals surface area contributed by atoms with Crippen LogP contribution in [0, 0.1) is 13.7 Å². The second kappa shape index (κ2) is 4.66. The Kier molecular flexibility index (Phi) is 3.84. The van der Waals surface area contributed by atoms with Crippen molar-refractivity contribution in [3.05, 3.63) is 31.0 Å². The molecule has 0 aliphatic rings. The Labute approximate surface area is 104 Å². The lowest BCUT2D eigenvalue weighted by atomic mass is 10.1. The van der Waals surface area contributed by atoms with Crippen LogP contribution in [0.3, 0.4) is 0 Å². The molecule has 0 saturated heterocycles. The van der Waals surface area contributed by atoms with Crippen LogP contribution in [0.5, 0.6) is 0 Å². The molecule has 1 heterocycles. The number of rotatable bonds is 2. The summed E-state index contributed by atoms with van der Waals surface area (Å²) in [6.45, 7) is 0. The predicted octanol–water partition coefficient (Wildman–Crippen LogP) is 3.55. The molecule has 0 unspecified atom stereocenters. The Morgan fingerprint density at radius 1 is 1.41 bits per heavy atom. The van der Waals surface area contributed by atoms with Gasteiger partial charge >= 0.3 is 12.0 Å². The van der Waals surface area contributed by atoms with Gasteiger partial charge in [0.1, 0.15) is 0 Å². The SMILES string of the molecule is O=[N+]([O-])c1ncc(I)c(C(F)F)c1C(F)(F)F. The summed E-state index contributed by atoms with van der Waals surface area (Å²) in [5.74, 6) is -1.62. The van der Waals surface area contributed by atoms with Gasteiger partial charge in [0.2, 0.25) is 0 Å².